The van der Waals surface area contributed by atoms with E-state index in [4.69, 9.17) is 0 Å². The number of rotatable bonds is 1. The Kier molecular flexibility index (Phi) is 2.73. The third-order valence-corrected chi connectivity index (χ3v) is 11.0. The van der Waals surface area contributed by atoms with Crippen LogP contribution in [0.2, 0.25) is 0 Å². The SMILES string of the molecule is CCC1(C)C(C)(C)C2(C)C(C)(C)C(C)(C)C1(C)C2(C)C. The van der Waals surface area contributed by atoms with Crippen molar-refractivity contribution in [3.05, 3.63) is 0 Å². The minimum absolute atomic E-state index is 0.329. The Bertz CT molecular complexity index is 451. The number of hydrogen-bond donors (Lipinski definition) is 0. The fraction of sp³-hybridized carbons (Fsp3) is 1.00. The molecule has 0 spiro atoms. The van der Waals surface area contributed by atoms with E-state index in [2.05, 4.69) is 83.1 Å². The molecule has 2 aliphatic rings. The zero-order chi connectivity index (χ0) is 16.2. The van der Waals surface area contributed by atoms with Gasteiger partial charge in [-0.15, -0.1) is 0 Å². The quantitative estimate of drug-likeness (QED) is 0.510. The molecule has 0 radical (unpaired) electrons. The molecule has 0 aromatic carbocycles. The largest absolute Gasteiger partial charge is 0.0648 e. The number of hydrogen-bond acceptors (Lipinski definition) is 0. The van der Waals surface area contributed by atoms with Gasteiger partial charge in [-0.2, -0.15) is 0 Å². The maximum atomic E-state index is 2.61. The summed E-state index contributed by atoms with van der Waals surface area (Å²) in [6.45, 7) is 30.6. The zero-order valence-corrected chi connectivity index (χ0v) is 16.2. The van der Waals surface area contributed by atoms with Crippen molar-refractivity contribution in [2.24, 2.45) is 37.9 Å². The van der Waals surface area contributed by atoms with E-state index in [0.717, 1.165) is 0 Å². The average Bonchev–Trinajstić information content (AvgIpc) is 2.42. The van der Waals surface area contributed by atoms with Crippen LogP contribution in [0.5, 0.6) is 0 Å². The highest BCUT2D eigenvalue weighted by atomic mass is 14.9. The fourth-order valence-electron chi connectivity index (χ4n) is 8.23. The summed E-state index contributed by atoms with van der Waals surface area (Å²) in [6.07, 6.45) is 1.27. The summed E-state index contributed by atoms with van der Waals surface area (Å²) in [5, 5.41) is 0. The van der Waals surface area contributed by atoms with Gasteiger partial charge in [-0.25, -0.2) is 0 Å². The highest BCUT2D eigenvalue weighted by Gasteiger charge is 2.89. The highest BCUT2D eigenvalue weighted by Crippen LogP contribution is 2.94. The predicted molar refractivity (Wildman–Crippen MR) is 89.7 cm³/mol. The smallest absolute Gasteiger partial charge is 0.0153 e. The molecule has 0 nitrogen and oxygen atoms in total. The summed E-state index contributed by atoms with van der Waals surface area (Å²) < 4.78 is 0. The van der Waals surface area contributed by atoms with Crippen molar-refractivity contribution >= 4 is 0 Å². The maximum absolute atomic E-state index is 2.61. The zero-order valence-electron chi connectivity index (χ0n) is 16.2. The van der Waals surface area contributed by atoms with E-state index in [0.29, 0.717) is 37.9 Å². The molecule has 2 rings (SSSR count). The average molecular weight is 279 g/mol. The van der Waals surface area contributed by atoms with E-state index in [1.807, 2.05) is 0 Å². The lowest BCUT2D eigenvalue weighted by Crippen LogP contribution is -2.62. The van der Waals surface area contributed by atoms with Crippen LogP contribution in [0.3, 0.4) is 0 Å². The molecule has 3 unspecified atom stereocenters. The normalized spacial score (nSPS) is 50.4. The van der Waals surface area contributed by atoms with Crippen LogP contribution in [-0.2, 0) is 0 Å². The topological polar surface area (TPSA) is 0 Å². The first kappa shape index (κ1) is 16.4. The Morgan fingerprint density at radius 2 is 0.800 bits per heavy atom. The van der Waals surface area contributed by atoms with Gasteiger partial charge in [0.2, 0.25) is 0 Å². The summed E-state index contributed by atoms with van der Waals surface area (Å²) in [5.74, 6) is 0. The summed E-state index contributed by atoms with van der Waals surface area (Å²) in [5.41, 5.74) is 2.37. The second kappa shape index (κ2) is 3.33. The summed E-state index contributed by atoms with van der Waals surface area (Å²) in [6, 6.07) is 0. The second-order valence-electron chi connectivity index (χ2n) is 10.4. The Balaban J connectivity index is 2.99. The van der Waals surface area contributed by atoms with Gasteiger partial charge in [0.05, 0.1) is 0 Å². The van der Waals surface area contributed by atoms with E-state index < -0.39 is 0 Å². The summed E-state index contributed by atoms with van der Waals surface area (Å²) >= 11 is 0. The van der Waals surface area contributed by atoms with Crippen molar-refractivity contribution in [2.75, 3.05) is 0 Å². The molecule has 2 saturated carbocycles. The highest BCUT2D eigenvalue weighted by molar-refractivity contribution is 5.36. The number of fused-ring (bicyclic) bond motifs is 2. The minimum atomic E-state index is 0.329. The molecule has 2 fully saturated rings. The predicted octanol–water partition coefficient (Wildman–Crippen LogP) is 6.55. The van der Waals surface area contributed by atoms with Crippen LogP contribution in [0.4, 0.5) is 0 Å². The molecule has 0 heteroatoms. The molecule has 20 heavy (non-hydrogen) atoms. The van der Waals surface area contributed by atoms with Crippen LogP contribution < -0.4 is 0 Å². The molecule has 0 heterocycles. The van der Waals surface area contributed by atoms with Gasteiger partial charge < -0.3 is 0 Å². The Morgan fingerprint density at radius 1 is 0.450 bits per heavy atom. The Hall–Kier alpha value is 0. The third kappa shape index (κ3) is 0.925. The first-order valence-electron chi connectivity index (χ1n) is 8.56. The van der Waals surface area contributed by atoms with Crippen LogP contribution in [0.15, 0.2) is 0 Å². The molecule has 3 atom stereocenters. The van der Waals surface area contributed by atoms with Crippen LogP contribution in [-0.4, -0.2) is 0 Å². The van der Waals surface area contributed by atoms with Gasteiger partial charge in [-0.05, 0) is 44.3 Å². The summed E-state index contributed by atoms with van der Waals surface area (Å²) in [7, 11) is 0. The van der Waals surface area contributed by atoms with E-state index in [9.17, 15) is 0 Å². The van der Waals surface area contributed by atoms with Gasteiger partial charge in [0.25, 0.3) is 0 Å². The maximum Gasteiger partial charge on any atom is -0.0153 e. The molecule has 0 N–H and O–H groups in total. The van der Waals surface area contributed by atoms with E-state index in [1.165, 1.54) is 6.42 Å². The van der Waals surface area contributed by atoms with Gasteiger partial charge >= 0.3 is 0 Å². The van der Waals surface area contributed by atoms with E-state index >= 15 is 0 Å². The Morgan fingerprint density at radius 3 is 1.10 bits per heavy atom. The third-order valence-electron chi connectivity index (χ3n) is 11.0. The van der Waals surface area contributed by atoms with E-state index in [1.54, 1.807) is 0 Å². The van der Waals surface area contributed by atoms with Crippen LogP contribution in [0, 0.1) is 37.9 Å². The molecule has 2 aliphatic carbocycles. The van der Waals surface area contributed by atoms with Crippen molar-refractivity contribution in [2.45, 2.75) is 89.5 Å². The molecule has 0 aliphatic heterocycles. The lowest BCUT2D eigenvalue weighted by molar-refractivity contribution is -0.202. The van der Waals surface area contributed by atoms with Crippen LogP contribution in [0.1, 0.15) is 89.5 Å². The molecule has 0 aromatic heterocycles. The standard InChI is InChI=1S/C20H38/c1-13-18(10)16(6,7)19(11)14(2,3)15(4,5)20(18,12)17(19,8)9/h13H2,1-12H3. The lowest BCUT2D eigenvalue weighted by atomic mass is 9.36. The van der Waals surface area contributed by atoms with Crippen molar-refractivity contribution in [1.29, 1.82) is 0 Å². The van der Waals surface area contributed by atoms with Gasteiger partial charge in [0.15, 0.2) is 0 Å². The van der Waals surface area contributed by atoms with E-state index in [-0.39, 0.29) is 0 Å². The second-order valence-corrected chi connectivity index (χ2v) is 10.4. The van der Waals surface area contributed by atoms with Crippen molar-refractivity contribution in [3.8, 4) is 0 Å². The molecule has 2 bridgehead atoms. The first-order valence-corrected chi connectivity index (χ1v) is 8.56. The van der Waals surface area contributed by atoms with Gasteiger partial charge in [0, 0.05) is 0 Å². The fourth-order valence-corrected chi connectivity index (χ4v) is 8.23. The van der Waals surface area contributed by atoms with Gasteiger partial charge in [-0.1, -0.05) is 83.1 Å². The van der Waals surface area contributed by atoms with Crippen LogP contribution in [0.25, 0.3) is 0 Å². The van der Waals surface area contributed by atoms with Gasteiger partial charge in [0.1, 0.15) is 0 Å². The Labute approximate surface area is 128 Å². The monoisotopic (exact) mass is 278 g/mol. The first-order chi connectivity index (χ1) is 8.56. The van der Waals surface area contributed by atoms with Crippen molar-refractivity contribution < 1.29 is 0 Å². The lowest BCUT2D eigenvalue weighted by Gasteiger charge is -2.68. The van der Waals surface area contributed by atoms with Crippen LogP contribution >= 0.6 is 0 Å². The molecule has 0 aromatic rings. The molecule has 0 amide bonds. The molecule has 118 valence electrons. The molecular weight excluding hydrogens is 240 g/mol. The summed E-state index contributed by atoms with van der Waals surface area (Å²) in [4.78, 5) is 0. The molecule has 0 saturated heterocycles. The molecular formula is C20H38. The van der Waals surface area contributed by atoms with Crippen molar-refractivity contribution in [1.82, 2.24) is 0 Å². The van der Waals surface area contributed by atoms with Gasteiger partial charge in [-0.3, -0.25) is 0 Å². The minimum Gasteiger partial charge on any atom is -0.0648 e. The van der Waals surface area contributed by atoms with Crippen molar-refractivity contribution in [3.63, 3.8) is 0 Å².